The lowest BCUT2D eigenvalue weighted by Crippen LogP contribution is -2.18. The molecule has 4 heteroatoms. The van der Waals surface area contributed by atoms with Crippen LogP contribution in [0.5, 0.6) is 0 Å². The fourth-order valence-electron chi connectivity index (χ4n) is 2.13. The maximum atomic E-state index is 13.7. The van der Waals surface area contributed by atoms with Crippen LogP contribution >= 0.6 is 11.6 Å². The summed E-state index contributed by atoms with van der Waals surface area (Å²) in [6.07, 6.45) is -0.735. The van der Waals surface area contributed by atoms with E-state index in [1.165, 1.54) is 18.2 Å². The molecule has 1 unspecified atom stereocenters. The maximum Gasteiger partial charge on any atom is 0.170 e. The molecule has 0 heterocycles. The SMILES string of the molecule is CCOC(C(=O)Cc1cc(Cl)ccc1F)c1ccccc1. The second-order valence-corrected chi connectivity index (χ2v) is 5.06. The molecular formula is C17H16ClFO2. The number of ketones is 1. The van der Waals surface area contributed by atoms with E-state index in [-0.39, 0.29) is 17.8 Å². The van der Waals surface area contributed by atoms with Gasteiger partial charge in [0.1, 0.15) is 11.9 Å². The summed E-state index contributed by atoms with van der Waals surface area (Å²) in [4.78, 5) is 12.4. The summed E-state index contributed by atoms with van der Waals surface area (Å²) < 4.78 is 19.3. The number of carbonyl (C=O) groups excluding carboxylic acids is 1. The Balaban J connectivity index is 2.21. The summed E-state index contributed by atoms with van der Waals surface area (Å²) in [5.41, 5.74) is 1.06. The lowest BCUT2D eigenvalue weighted by Gasteiger charge is -2.16. The topological polar surface area (TPSA) is 26.3 Å². The van der Waals surface area contributed by atoms with E-state index in [9.17, 15) is 9.18 Å². The van der Waals surface area contributed by atoms with Crippen LogP contribution in [0, 0.1) is 5.82 Å². The number of halogens is 2. The van der Waals surface area contributed by atoms with Crippen LogP contribution in [-0.4, -0.2) is 12.4 Å². The van der Waals surface area contributed by atoms with Gasteiger partial charge in [-0.3, -0.25) is 4.79 Å². The summed E-state index contributed by atoms with van der Waals surface area (Å²) in [5, 5.41) is 0.409. The molecular weight excluding hydrogens is 291 g/mol. The van der Waals surface area contributed by atoms with Crippen molar-refractivity contribution in [3.63, 3.8) is 0 Å². The molecule has 2 nitrogen and oxygen atoms in total. The van der Waals surface area contributed by atoms with Crippen LogP contribution in [0.3, 0.4) is 0 Å². The van der Waals surface area contributed by atoms with Crippen LogP contribution in [0.1, 0.15) is 24.2 Å². The van der Waals surface area contributed by atoms with Gasteiger partial charge in [-0.15, -0.1) is 0 Å². The molecule has 0 aromatic heterocycles. The van der Waals surface area contributed by atoms with Gasteiger partial charge in [0.15, 0.2) is 5.78 Å². The van der Waals surface area contributed by atoms with Crippen molar-refractivity contribution in [1.82, 2.24) is 0 Å². The van der Waals surface area contributed by atoms with E-state index in [4.69, 9.17) is 16.3 Å². The number of hydrogen-bond acceptors (Lipinski definition) is 2. The molecule has 0 radical (unpaired) electrons. The molecule has 0 spiro atoms. The first kappa shape index (κ1) is 15.7. The zero-order valence-electron chi connectivity index (χ0n) is 11.7. The van der Waals surface area contributed by atoms with E-state index < -0.39 is 11.9 Å². The van der Waals surface area contributed by atoms with Crippen molar-refractivity contribution in [2.75, 3.05) is 6.61 Å². The van der Waals surface area contributed by atoms with E-state index in [0.29, 0.717) is 11.6 Å². The van der Waals surface area contributed by atoms with Gasteiger partial charge in [-0.1, -0.05) is 41.9 Å². The predicted octanol–water partition coefficient (Wildman–Crippen LogP) is 4.37. The van der Waals surface area contributed by atoms with E-state index in [1.54, 1.807) is 0 Å². The standard InChI is InChI=1S/C17H16ClFO2/c1-2-21-17(12-6-4-3-5-7-12)16(20)11-13-10-14(18)8-9-15(13)19/h3-10,17H,2,11H2,1H3. The number of Topliss-reactive ketones (excluding diaryl/α,β-unsaturated/α-hetero) is 1. The summed E-state index contributed by atoms with van der Waals surface area (Å²) in [6.45, 7) is 2.23. The van der Waals surface area contributed by atoms with E-state index in [2.05, 4.69) is 0 Å². The summed E-state index contributed by atoms with van der Waals surface area (Å²) >= 11 is 5.85. The first-order valence-electron chi connectivity index (χ1n) is 6.75. The second-order valence-electron chi connectivity index (χ2n) is 4.62. The lowest BCUT2D eigenvalue weighted by molar-refractivity contribution is -0.130. The highest BCUT2D eigenvalue weighted by Gasteiger charge is 2.22. The Labute approximate surface area is 128 Å². The van der Waals surface area contributed by atoms with Crippen molar-refractivity contribution in [2.24, 2.45) is 0 Å². The Kier molecular flexibility index (Phi) is 5.48. The first-order chi connectivity index (χ1) is 10.1. The molecule has 0 amide bonds. The van der Waals surface area contributed by atoms with Gasteiger partial charge in [-0.05, 0) is 36.2 Å². The second kappa shape index (κ2) is 7.34. The number of benzene rings is 2. The molecule has 0 N–H and O–H groups in total. The average Bonchev–Trinajstić information content (AvgIpc) is 2.49. The van der Waals surface area contributed by atoms with E-state index in [0.717, 1.165) is 5.56 Å². The highest BCUT2D eigenvalue weighted by Crippen LogP contribution is 2.22. The number of hydrogen-bond donors (Lipinski definition) is 0. The van der Waals surface area contributed by atoms with E-state index >= 15 is 0 Å². The molecule has 0 saturated carbocycles. The van der Waals surface area contributed by atoms with Gasteiger partial charge in [-0.2, -0.15) is 0 Å². The van der Waals surface area contributed by atoms with Crippen molar-refractivity contribution in [3.8, 4) is 0 Å². The highest BCUT2D eigenvalue weighted by atomic mass is 35.5. The summed E-state index contributed by atoms with van der Waals surface area (Å²) in [7, 11) is 0. The molecule has 0 aliphatic carbocycles. The van der Waals surface area contributed by atoms with Crippen molar-refractivity contribution >= 4 is 17.4 Å². The Morgan fingerprint density at radius 3 is 2.62 bits per heavy atom. The number of rotatable bonds is 6. The minimum Gasteiger partial charge on any atom is -0.366 e. The summed E-state index contributed by atoms with van der Waals surface area (Å²) in [6, 6.07) is 13.4. The third-order valence-electron chi connectivity index (χ3n) is 3.10. The summed E-state index contributed by atoms with van der Waals surface area (Å²) in [5.74, 6) is -0.625. The third-order valence-corrected chi connectivity index (χ3v) is 3.34. The van der Waals surface area contributed by atoms with Gasteiger partial charge in [0, 0.05) is 18.1 Å². The Hall–Kier alpha value is -1.71. The minimum atomic E-state index is -0.686. The van der Waals surface area contributed by atoms with Crippen LogP contribution in [0.4, 0.5) is 4.39 Å². The maximum absolute atomic E-state index is 13.7. The molecule has 0 saturated heterocycles. The van der Waals surface area contributed by atoms with Gasteiger partial charge in [0.05, 0.1) is 0 Å². The highest BCUT2D eigenvalue weighted by molar-refractivity contribution is 6.30. The normalized spacial score (nSPS) is 12.1. The fraction of sp³-hybridized carbons (Fsp3) is 0.235. The molecule has 1 atom stereocenters. The average molecular weight is 307 g/mol. The zero-order chi connectivity index (χ0) is 15.2. The smallest absolute Gasteiger partial charge is 0.170 e. The lowest BCUT2D eigenvalue weighted by atomic mass is 9.99. The van der Waals surface area contributed by atoms with Gasteiger partial charge >= 0.3 is 0 Å². The van der Waals surface area contributed by atoms with Crippen LogP contribution in [-0.2, 0) is 16.0 Å². The largest absolute Gasteiger partial charge is 0.366 e. The minimum absolute atomic E-state index is 0.0496. The Morgan fingerprint density at radius 2 is 1.95 bits per heavy atom. The molecule has 0 bridgehead atoms. The molecule has 21 heavy (non-hydrogen) atoms. The monoisotopic (exact) mass is 306 g/mol. The molecule has 2 aromatic carbocycles. The van der Waals surface area contributed by atoms with Crippen LogP contribution in [0.2, 0.25) is 5.02 Å². The Bertz CT molecular complexity index is 613. The first-order valence-corrected chi connectivity index (χ1v) is 7.12. The van der Waals surface area contributed by atoms with Crippen molar-refractivity contribution < 1.29 is 13.9 Å². The van der Waals surface area contributed by atoms with Gasteiger partial charge in [-0.25, -0.2) is 4.39 Å². The molecule has 110 valence electrons. The molecule has 0 fully saturated rings. The molecule has 0 aliphatic heterocycles. The fourth-order valence-corrected chi connectivity index (χ4v) is 2.32. The van der Waals surface area contributed by atoms with Crippen molar-refractivity contribution in [2.45, 2.75) is 19.4 Å². The van der Waals surface area contributed by atoms with Gasteiger partial charge in [0.25, 0.3) is 0 Å². The quantitative estimate of drug-likeness (QED) is 0.792. The van der Waals surface area contributed by atoms with Gasteiger partial charge in [0.2, 0.25) is 0 Å². The Morgan fingerprint density at radius 1 is 1.24 bits per heavy atom. The molecule has 2 rings (SSSR count). The zero-order valence-corrected chi connectivity index (χ0v) is 12.4. The van der Waals surface area contributed by atoms with Crippen LogP contribution in [0.15, 0.2) is 48.5 Å². The van der Waals surface area contributed by atoms with Crippen molar-refractivity contribution in [1.29, 1.82) is 0 Å². The van der Waals surface area contributed by atoms with Crippen LogP contribution in [0.25, 0.3) is 0 Å². The number of carbonyl (C=O) groups is 1. The van der Waals surface area contributed by atoms with Crippen LogP contribution < -0.4 is 0 Å². The number of ether oxygens (including phenoxy) is 1. The van der Waals surface area contributed by atoms with Crippen molar-refractivity contribution in [3.05, 3.63) is 70.5 Å². The van der Waals surface area contributed by atoms with Gasteiger partial charge < -0.3 is 4.74 Å². The van der Waals surface area contributed by atoms with E-state index in [1.807, 2.05) is 37.3 Å². The molecule has 0 aliphatic rings. The third kappa shape index (κ3) is 4.13. The predicted molar refractivity (Wildman–Crippen MR) is 80.9 cm³/mol. The molecule has 2 aromatic rings.